The van der Waals surface area contributed by atoms with Gasteiger partial charge in [-0.25, -0.2) is 29.1 Å². The van der Waals surface area contributed by atoms with Gasteiger partial charge in [-0.1, -0.05) is 30.3 Å². The fraction of sp³-hybridized carbons (Fsp3) is 0.111. The standard InChI is InChI=1S/C36H27N3O8/c1-39(25-15-8-21(9-16-25)18-28(33(40)44-2)34(41)45-3)20-22-10-17-30-27(19-22)36(43)47-32(38-30)24-13-11-23(12-14-24)31-37-29-7-5-4-6-26(29)35(42)46-31/h4-19H,20H2,1-3H3. The predicted octanol–water partition coefficient (Wildman–Crippen LogP) is 5.39. The monoisotopic (exact) mass is 629 g/mol. The molecular weight excluding hydrogens is 602 g/mol. The van der Waals surface area contributed by atoms with E-state index in [1.807, 2.05) is 30.1 Å². The van der Waals surface area contributed by atoms with E-state index in [2.05, 4.69) is 19.4 Å². The fourth-order valence-electron chi connectivity index (χ4n) is 5.02. The Balaban J connectivity index is 1.19. The molecule has 0 radical (unpaired) electrons. The number of hydrogen-bond acceptors (Lipinski definition) is 11. The Morgan fingerprint density at radius 2 is 1.28 bits per heavy atom. The number of rotatable bonds is 8. The quantitative estimate of drug-likeness (QED) is 0.0926. The van der Waals surface area contributed by atoms with E-state index in [0.29, 0.717) is 45.0 Å². The Morgan fingerprint density at radius 1 is 0.723 bits per heavy atom. The van der Waals surface area contributed by atoms with E-state index in [-0.39, 0.29) is 17.4 Å². The second-order valence-corrected chi connectivity index (χ2v) is 10.5. The number of nitrogens with zero attached hydrogens (tertiary/aromatic N) is 3. The van der Waals surface area contributed by atoms with E-state index < -0.39 is 23.2 Å². The second-order valence-electron chi connectivity index (χ2n) is 10.5. The zero-order valence-corrected chi connectivity index (χ0v) is 25.6. The molecule has 0 atom stereocenters. The van der Waals surface area contributed by atoms with Crippen LogP contribution in [0.3, 0.4) is 0 Å². The average Bonchev–Trinajstić information content (AvgIpc) is 3.10. The number of hydrogen-bond donors (Lipinski definition) is 0. The van der Waals surface area contributed by atoms with Crippen molar-refractivity contribution in [1.29, 1.82) is 0 Å². The van der Waals surface area contributed by atoms with E-state index in [1.165, 1.54) is 20.3 Å². The van der Waals surface area contributed by atoms with Crippen molar-refractivity contribution in [3.8, 4) is 22.9 Å². The van der Waals surface area contributed by atoms with Crippen molar-refractivity contribution in [3.63, 3.8) is 0 Å². The molecule has 2 heterocycles. The van der Waals surface area contributed by atoms with E-state index in [1.54, 1.807) is 72.8 Å². The average molecular weight is 630 g/mol. The Morgan fingerprint density at radius 3 is 1.87 bits per heavy atom. The summed E-state index contributed by atoms with van der Waals surface area (Å²) < 4.78 is 20.4. The summed E-state index contributed by atoms with van der Waals surface area (Å²) in [7, 11) is 4.28. The molecule has 0 amide bonds. The summed E-state index contributed by atoms with van der Waals surface area (Å²) in [5.41, 5.74) is 3.31. The van der Waals surface area contributed by atoms with Crippen molar-refractivity contribution in [2.75, 3.05) is 26.2 Å². The summed E-state index contributed by atoms with van der Waals surface area (Å²) in [5, 5.41) is 0.749. The molecule has 0 fully saturated rings. The second kappa shape index (κ2) is 12.9. The van der Waals surface area contributed by atoms with Gasteiger partial charge in [-0.15, -0.1) is 0 Å². The highest BCUT2D eigenvalue weighted by Gasteiger charge is 2.20. The number of benzene rings is 4. The van der Waals surface area contributed by atoms with Crippen LogP contribution >= 0.6 is 0 Å². The van der Waals surface area contributed by atoms with Crippen LogP contribution in [0.1, 0.15) is 11.1 Å². The van der Waals surface area contributed by atoms with Gasteiger partial charge >= 0.3 is 23.2 Å². The molecule has 0 saturated carbocycles. The van der Waals surface area contributed by atoms with Gasteiger partial charge < -0.3 is 23.2 Å². The summed E-state index contributed by atoms with van der Waals surface area (Å²) in [4.78, 5) is 60.3. The van der Waals surface area contributed by atoms with Crippen LogP contribution in [0.25, 0.3) is 50.8 Å². The molecule has 0 aliphatic heterocycles. The lowest BCUT2D eigenvalue weighted by Gasteiger charge is -2.20. The van der Waals surface area contributed by atoms with Gasteiger partial charge in [-0.05, 0) is 77.9 Å². The maximum atomic E-state index is 13.0. The first-order chi connectivity index (χ1) is 22.7. The molecule has 4 aromatic carbocycles. The number of carbonyl (C=O) groups is 2. The molecule has 11 nitrogen and oxygen atoms in total. The van der Waals surface area contributed by atoms with Gasteiger partial charge in [0, 0.05) is 30.4 Å². The topological polar surface area (TPSA) is 142 Å². The zero-order valence-electron chi connectivity index (χ0n) is 25.6. The van der Waals surface area contributed by atoms with Crippen LogP contribution in [0.2, 0.25) is 0 Å². The minimum Gasteiger partial charge on any atom is -0.465 e. The van der Waals surface area contributed by atoms with Crippen molar-refractivity contribution >= 4 is 45.5 Å². The third-order valence-corrected chi connectivity index (χ3v) is 7.48. The highest BCUT2D eigenvalue weighted by atomic mass is 16.5. The predicted molar refractivity (Wildman–Crippen MR) is 176 cm³/mol. The maximum absolute atomic E-state index is 13.0. The minimum atomic E-state index is -0.788. The lowest BCUT2D eigenvalue weighted by molar-refractivity contribution is -0.143. The molecule has 6 aromatic rings. The van der Waals surface area contributed by atoms with Crippen LogP contribution in [0.4, 0.5) is 5.69 Å². The Kier molecular flexibility index (Phi) is 8.44. The highest BCUT2D eigenvalue weighted by molar-refractivity contribution is 6.17. The lowest BCUT2D eigenvalue weighted by atomic mass is 10.1. The summed E-state index contributed by atoms with van der Waals surface area (Å²) in [6.45, 7) is 0.474. The molecule has 0 saturated heterocycles. The number of para-hydroxylation sites is 1. The summed E-state index contributed by atoms with van der Waals surface area (Å²) in [6.07, 6.45) is 1.40. The van der Waals surface area contributed by atoms with E-state index in [9.17, 15) is 19.2 Å². The molecule has 47 heavy (non-hydrogen) atoms. The lowest BCUT2D eigenvalue weighted by Crippen LogP contribution is -2.17. The largest absolute Gasteiger partial charge is 0.465 e. The Hall–Kier alpha value is -6.36. The number of anilines is 1. The molecule has 234 valence electrons. The third kappa shape index (κ3) is 6.40. The van der Waals surface area contributed by atoms with Gasteiger partial charge in [-0.3, -0.25) is 0 Å². The molecule has 0 spiro atoms. The molecular formula is C36H27N3O8. The summed E-state index contributed by atoms with van der Waals surface area (Å²) in [6, 6.07) is 26.5. The van der Waals surface area contributed by atoms with Crippen LogP contribution in [-0.4, -0.2) is 43.2 Å². The minimum absolute atomic E-state index is 0.156. The molecule has 6 rings (SSSR count). The van der Waals surface area contributed by atoms with Gasteiger partial charge in [0.2, 0.25) is 11.8 Å². The molecule has 0 bridgehead atoms. The number of fused-ring (bicyclic) bond motifs is 2. The van der Waals surface area contributed by atoms with Crippen LogP contribution in [0.15, 0.2) is 115 Å². The summed E-state index contributed by atoms with van der Waals surface area (Å²) in [5.74, 6) is -1.23. The molecule has 11 heteroatoms. The van der Waals surface area contributed by atoms with Gasteiger partial charge in [0.05, 0.1) is 36.0 Å². The smallest absolute Gasteiger partial charge is 0.347 e. The van der Waals surface area contributed by atoms with Gasteiger partial charge in [0.15, 0.2) is 0 Å². The first kappa shape index (κ1) is 30.7. The zero-order chi connectivity index (χ0) is 33.1. The Bertz CT molecular complexity index is 2270. The Labute approximate surface area is 267 Å². The van der Waals surface area contributed by atoms with Crippen molar-refractivity contribution in [2.45, 2.75) is 6.54 Å². The van der Waals surface area contributed by atoms with Crippen molar-refractivity contribution in [2.24, 2.45) is 0 Å². The number of ether oxygens (including phenoxy) is 2. The van der Waals surface area contributed by atoms with E-state index >= 15 is 0 Å². The summed E-state index contributed by atoms with van der Waals surface area (Å²) >= 11 is 0. The maximum Gasteiger partial charge on any atom is 0.347 e. The molecule has 0 N–H and O–H groups in total. The molecule has 2 aromatic heterocycles. The molecule has 0 aliphatic carbocycles. The van der Waals surface area contributed by atoms with Crippen molar-refractivity contribution in [3.05, 3.63) is 129 Å². The van der Waals surface area contributed by atoms with Gasteiger partial charge in [0.25, 0.3) is 0 Å². The van der Waals surface area contributed by atoms with E-state index in [4.69, 9.17) is 8.83 Å². The van der Waals surface area contributed by atoms with Crippen LogP contribution in [0, 0.1) is 0 Å². The highest BCUT2D eigenvalue weighted by Crippen LogP contribution is 2.25. The van der Waals surface area contributed by atoms with E-state index in [0.717, 1.165) is 11.3 Å². The van der Waals surface area contributed by atoms with Crippen molar-refractivity contribution < 1.29 is 27.9 Å². The number of carbonyl (C=O) groups excluding carboxylic acids is 2. The molecule has 0 aliphatic rings. The third-order valence-electron chi connectivity index (χ3n) is 7.48. The number of aromatic nitrogens is 2. The van der Waals surface area contributed by atoms with Crippen LogP contribution in [0.5, 0.6) is 0 Å². The normalized spacial score (nSPS) is 10.9. The first-order valence-electron chi connectivity index (χ1n) is 14.4. The number of esters is 2. The van der Waals surface area contributed by atoms with Gasteiger partial charge in [0.1, 0.15) is 5.57 Å². The fourth-order valence-corrected chi connectivity index (χ4v) is 5.02. The van der Waals surface area contributed by atoms with Crippen LogP contribution in [-0.2, 0) is 25.6 Å². The van der Waals surface area contributed by atoms with Crippen LogP contribution < -0.4 is 16.2 Å². The number of methoxy groups -OCH3 is 2. The molecule has 0 unspecified atom stereocenters. The van der Waals surface area contributed by atoms with Gasteiger partial charge in [-0.2, -0.15) is 0 Å². The first-order valence-corrected chi connectivity index (χ1v) is 14.4. The SMILES string of the molecule is COC(=O)C(=Cc1ccc(N(C)Cc2ccc3nc(-c4ccc(-c5nc6ccccc6c(=O)o5)cc4)oc(=O)c3c2)cc1)C(=O)OC. The van der Waals surface area contributed by atoms with Crippen molar-refractivity contribution in [1.82, 2.24) is 9.97 Å².